The molecule has 1 aromatic heterocycles. The monoisotopic (exact) mass is 264 g/mol. The maximum atomic E-state index is 5.93. The fourth-order valence-electron chi connectivity index (χ4n) is 3.07. The summed E-state index contributed by atoms with van der Waals surface area (Å²) in [6.45, 7) is 8.49. The second-order valence-electron chi connectivity index (χ2n) is 6.60. The van der Waals surface area contributed by atoms with E-state index in [0.29, 0.717) is 18.0 Å². The number of hydrogen-bond acceptors (Lipinski definition) is 3. The highest BCUT2D eigenvalue weighted by atomic mass is 15.3. The molecule has 1 aliphatic rings. The predicted molar refractivity (Wildman–Crippen MR) is 78.9 cm³/mol. The number of aryl methyl sites for hydroxylation is 1. The van der Waals surface area contributed by atoms with Crippen LogP contribution in [0, 0.1) is 5.41 Å². The van der Waals surface area contributed by atoms with Gasteiger partial charge in [-0.05, 0) is 31.1 Å². The molecular weight excluding hydrogens is 236 g/mol. The standard InChI is InChI=1S/C15H28N4/c1-4-7-19-11-12(10-17-19)14(9-16)18-13-5-6-15(2,3)8-13/h10-11,13-14,18H,4-9,16H2,1-3H3. The molecule has 1 heterocycles. The average Bonchev–Trinajstić information content (AvgIpc) is 2.93. The van der Waals surface area contributed by atoms with Crippen molar-refractivity contribution >= 4 is 0 Å². The molecule has 0 aliphatic heterocycles. The van der Waals surface area contributed by atoms with E-state index in [1.54, 1.807) is 0 Å². The van der Waals surface area contributed by atoms with Crippen molar-refractivity contribution in [3.63, 3.8) is 0 Å². The van der Waals surface area contributed by atoms with Gasteiger partial charge in [-0.3, -0.25) is 4.68 Å². The van der Waals surface area contributed by atoms with E-state index < -0.39 is 0 Å². The molecule has 2 rings (SSSR count). The molecule has 0 radical (unpaired) electrons. The first-order chi connectivity index (χ1) is 9.04. The Labute approximate surface area is 116 Å². The minimum atomic E-state index is 0.240. The number of rotatable bonds is 6. The minimum absolute atomic E-state index is 0.240. The lowest BCUT2D eigenvalue weighted by Crippen LogP contribution is -2.35. The Morgan fingerprint density at radius 3 is 2.95 bits per heavy atom. The van der Waals surface area contributed by atoms with Crippen molar-refractivity contribution in [2.24, 2.45) is 11.1 Å². The third kappa shape index (κ3) is 3.80. The third-order valence-electron chi connectivity index (χ3n) is 4.15. The summed E-state index contributed by atoms with van der Waals surface area (Å²) in [4.78, 5) is 0. The van der Waals surface area contributed by atoms with E-state index in [2.05, 4.69) is 37.4 Å². The summed E-state index contributed by atoms with van der Waals surface area (Å²) in [7, 11) is 0. The van der Waals surface area contributed by atoms with E-state index in [9.17, 15) is 0 Å². The van der Waals surface area contributed by atoms with Gasteiger partial charge in [0.25, 0.3) is 0 Å². The first kappa shape index (κ1) is 14.5. The molecular formula is C15H28N4. The lowest BCUT2D eigenvalue weighted by Gasteiger charge is -2.22. The van der Waals surface area contributed by atoms with Gasteiger partial charge in [0.05, 0.1) is 6.20 Å². The molecule has 2 atom stereocenters. The van der Waals surface area contributed by atoms with E-state index in [1.165, 1.54) is 24.8 Å². The molecule has 0 spiro atoms. The van der Waals surface area contributed by atoms with E-state index in [4.69, 9.17) is 5.73 Å². The van der Waals surface area contributed by atoms with E-state index in [0.717, 1.165) is 13.0 Å². The Bertz CT molecular complexity index is 397. The van der Waals surface area contributed by atoms with Crippen molar-refractivity contribution in [2.75, 3.05) is 6.54 Å². The van der Waals surface area contributed by atoms with Gasteiger partial charge >= 0.3 is 0 Å². The van der Waals surface area contributed by atoms with Crippen LogP contribution in [0.3, 0.4) is 0 Å². The number of nitrogens with zero attached hydrogens (tertiary/aromatic N) is 2. The van der Waals surface area contributed by atoms with Crippen LogP contribution in [-0.2, 0) is 6.54 Å². The normalized spacial score (nSPS) is 23.7. The topological polar surface area (TPSA) is 55.9 Å². The zero-order chi connectivity index (χ0) is 13.9. The Morgan fingerprint density at radius 1 is 1.58 bits per heavy atom. The SMILES string of the molecule is CCCn1cc(C(CN)NC2CCC(C)(C)C2)cn1. The molecule has 0 saturated heterocycles. The molecule has 0 amide bonds. The van der Waals surface area contributed by atoms with Crippen molar-refractivity contribution < 1.29 is 0 Å². The molecule has 108 valence electrons. The molecule has 1 aromatic rings. The number of aromatic nitrogens is 2. The summed E-state index contributed by atoms with van der Waals surface area (Å²) in [5.74, 6) is 0. The smallest absolute Gasteiger partial charge is 0.0538 e. The Balaban J connectivity index is 1.96. The van der Waals surface area contributed by atoms with Crippen LogP contribution in [0.15, 0.2) is 12.4 Å². The third-order valence-corrected chi connectivity index (χ3v) is 4.15. The van der Waals surface area contributed by atoms with Crippen molar-refractivity contribution in [3.05, 3.63) is 18.0 Å². The average molecular weight is 264 g/mol. The predicted octanol–water partition coefficient (Wildman–Crippen LogP) is 2.46. The molecule has 3 N–H and O–H groups in total. The highest BCUT2D eigenvalue weighted by molar-refractivity contribution is 5.11. The molecule has 0 aromatic carbocycles. The van der Waals surface area contributed by atoms with Crippen LogP contribution in [-0.4, -0.2) is 22.4 Å². The van der Waals surface area contributed by atoms with Crippen LogP contribution in [0.1, 0.15) is 58.1 Å². The van der Waals surface area contributed by atoms with Crippen molar-refractivity contribution in [2.45, 2.75) is 65.1 Å². The molecule has 1 saturated carbocycles. The number of nitrogens with two attached hydrogens (primary N) is 1. The van der Waals surface area contributed by atoms with Gasteiger partial charge in [0.15, 0.2) is 0 Å². The van der Waals surface area contributed by atoms with Crippen LogP contribution in [0.5, 0.6) is 0 Å². The molecule has 4 heteroatoms. The number of nitrogens with one attached hydrogen (secondary N) is 1. The van der Waals surface area contributed by atoms with Gasteiger partial charge in [0.2, 0.25) is 0 Å². The zero-order valence-corrected chi connectivity index (χ0v) is 12.5. The lowest BCUT2D eigenvalue weighted by molar-refractivity contribution is 0.353. The van der Waals surface area contributed by atoms with Gasteiger partial charge in [-0.25, -0.2) is 0 Å². The van der Waals surface area contributed by atoms with Gasteiger partial charge in [-0.1, -0.05) is 20.8 Å². The summed E-state index contributed by atoms with van der Waals surface area (Å²) in [6.07, 6.45) is 9.00. The van der Waals surface area contributed by atoms with Crippen molar-refractivity contribution in [3.8, 4) is 0 Å². The van der Waals surface area contributed by atoms with E-state index in [1.807, 2.05) is 10.9 Å². The highest BCUT2D eigenvalue weighted by Crippen LogP contribution is 2.37. The lowest BCUT2D eigenvalue weighted by atomic mass is 9.91. The first-order valence-corrected chi connectivity index (χ1v) is 7.52. The van der Waals surface area contributed by atoms with Gasteiger partial charge in [0, 0.05) is 36.9 Å². The molecule has 0 bridgehead atoms. The van der Waals surface area contributed by atoms with Gasteiger partial charge in [-0.2, -0.15) is 5.10 Å². The first-order valence-electron chi connectivity index (χ1n) is 7.52. The van der Waals surface area contributed by atoms with Crippen LogP contribution < -0.4 is 11.1 Å². The quantitative estimate of drug-likeness (QED) is 0.830. The number of hydrogen-bond donors (Lipinski definition) is 2. The zero-order valence-electron chi connectivity index (χ0n) is 12.5. The Morgan fingerprint density at radius 2 is 2.37 bits per heavy atom. The summed E-state index contributed by atoms with van der Waals surface area (Å²) >= 11 is 0. The molecule has 1 aliphatic carbocycles. The molecule has 2 unspecified atom stereocenters. The summed E-state index contributed by atoms with van der Waals surface area (Å²) in [5.41, 5.74) is 7.63. The molecule has 4 nitrogen and oxygen atoms in total. The van der Waals surface area contributed by atoms with Crippen molar-refractivity contribution in [1.29, 1.82) is 0 Å². The van der Waals surface area contributed by atoms with Gasteiger partial charge in [0.1, 0.15) is 0 Å². The highest BCUT2D eigenvalue weighted by Gasteiger charge is 2.32. The van der Waals surface area contributed by atoms with Crippen LogP contribution in [0.4, 0.5) is 0 Å². The molecule has 1 fully saturated rings. The Hall–Kier alpha value is -0.870. The van der Waals surface area contributed by atoms with Crippen LogP contribution >= 0.6 is 0 Å². The summed E-state index contributed by atoms with van der Waals surface area (Å²) in [5, 5.41) is 8.11. The fraction of sp³-hybridized carbons (Fsp3) is 0.800. The molecule has 19 heavy (non-hydrogen) atoms. The largest absolute Gasteiger partial charge is 0.329 e. The van der Waals surface area contributed by atoms with Gasteiger partial charge in [-0.15, -0.1) is 0 Å². The Kier molecular flexibility index (Phi) is 4.63. The van der Waals surface area contributed by atoms with Gasteiger partial charge < -0.3 is 11.1 Å². The van der Waals surface area contributed by atoms with Crippen molar-refractivity contribution in [1.82, 2.24) is 15.1 Å². The maximum absolute atomic E-state index is 5.93. The van der Waals surface area contributed by atoms with E-state index >= 15 is 0 Å². The maximum Gasteiger partial charge on any atom is 0.0538 e. The van der Waals surface area contributed by atoms with Crippen LogP contribution in [0.2, 0.25) is 0 Å². The van der Waals surface area contributed by atoms with E-state index in [-0.39, 0.29) is 6.04 Å². The minimum Gasteiger partial charge on any atom is -0.329 e. The van der Waals surface area contributed by atoms with Crippen LogP contribution in [0.25, 0.3) is 0 Å². The fourth-order valence-corrected chi connectivity index (χ4v) is 3.07. The second-order valence-corrected chi connectivity index (χ2v) is 6.60. The second kappa shape index (κ2) is 6.06. The summed E-state index contributed by atoms with van der Waals surface area (Å²) < 4.78 is 2.01. The summed E-state index contributed by atoms with van der Waals surface area (Å²) in [6, 6.07) is 0.836.